The molecule has 0 saturated heterocycles. The summed E-state index contributed by atoms with van der Waals surface area (Å²) >= 11 is 0. The summed E-state index contributed by atoms with van der Waals surface area (Å²) in [5.41, 5.74) is 1.24. The lowest BCUT2D eigenvalue weighted by atomic mass is 10.2. The van der Waals surface area contributed by atoms with E-state index in [4.69, 9.17) is 9.84 Å². The fraction of sp³-hybridized carbons (Fsp3) is 0.400. The number of hydrogen-bond donors (Lipinski definition) is 3. The number of anilines is 1. The van der Waals surface area contributed by atoms with E-state index >= 15 is 0 Å². The number of H-pyrrole nitrogens is 1. The number of aromatic amines is 1. The van der Waals surface area contributed by atoms with Gasteiger partial charge in [0.1, 0.15) is 11.8 Å². The number of methoxy groups -OCH3 is 1. The van der Waals surface area contributed by atoms with Crippen molar-refractivity contribution in [2.45, 2.75) is 12.5 Å². The molecule has 1 unspecified atom stereocenters. The molecule has 0 bridgehead atoms. The number of aliphatic carboxylic acids is 1. The van der Waals surface area contributed by atoms with Gasteiger partial charge in [0, 0.05) is 13.7 Å². The Hall–Kier alpha value is -2.22. The quantitative estimate of drug-likeness (QED) is 0.674. The molecule has 0 aliphatic heterocycles. The van der Waals surface area contributed by atoms with E-state index in [-0.39, 0.29) is 6.42 Å². The molecule has 2 aromatic heterocycles. The zero-order valence-corrected chi connectivity index (χ0v) is 9.75. The predicted molar refractivity (Wildman–Crippen MR) is 63.2 cm³/mol. The van der Waals surface area contributed by atoms with Crippen LogP contribution in [0.25, 0.3) is 11.2 Å². The van der Waals surface area contributed by atoms with Crippen LogP contribution in [0, 0.1) is 0 Å². The lowest BCUT2D eigenvalue weighted by Gasteiger charge is -2.14. The number of imidazole rings is 1. The van der Waals surface area contributed by atoms with Crippen molar-refractivity contribution in [1.82, 2.24) is 19.9 Å². The summed E-state index contributed by atoms with van der Waals surface area (Å²) in [6, 6.07) is 0. The highest BCUT2D eigenvalue weighted by atomic mass is 16.5. The van der Waals surface area contributed by atoms with Crippen LogP contribution in [-0.4, -0.2) is 50.8 Å². The molecule has 18 heavy (non-hydrogen) atoms. The molecule has 2 heterocycles. The van der Waals surface area contributed by atoms with Gasteiger partial charge >= 0.3 is 5.97 Å². The van der Waals surface area contributed by atoms with E-state index in [2.05, 4.69) is 25.3 Å². The van der Waals surface area contributed by atoms with Crippen molar-refractivity contribution in [2.24, 2.45) is 0 Å². The summed E-state index contributed by atoms with van der Waals surface area (Å²) in [7, 11) is 1.47. The third kappa shape index (κ3) is 2.72. The average Bonchev–Trinajstić information content (AvgIpc) is 2.82. The number of rotatable bonds is 6. The molecule has 8 heteroatoms. The van der Waals surface area contributed by atoms with Crippen molar-refractivity contribution in [2.75, 3.05) is 19.0 Å². The van der Waals surface area contributed by atoms with Crippen LogP contribution in [0.1, 0.15) is 6.42 Å². The minimum atomic E-state index is -0.905. The maximum Gasteiger partial charge on any atom is 0.306 e. The van der Waals surface area contributed by atoms with Crippen LogP contribution < -0.4 is 5.32 Å². The van der Waals surface area contributed by atoms with Gasteiger partial charge < -0.3 is 20.1 Å². The first kappa shape index (κ1) is 12.2. The Morgan fingerprint density at radius 3 is 3.11 bits per heavy atom. The number of nitrogens with one attached hydrogen (secondary N) is 2. The van der Waals surface area contributed by atoms with Gasteiger partial charge in [-0.3, -0.25) is 4.79 Å². The molecule has 2 rings (SSSR count). The van der Waals surface area contributed by atoms with Crippen molar-refractivity contribution >= 4 is 23.0 Å². The van der Waals surface area contributed by atoms with Crippen LogP contribution in [0.2, 0.25) is 0 Å². The molecule has 1 atom stereocenters. The van der Waals surface area contributed by atoms with Gasteiger partial charge in [-0.05, 0) is 0 Å². The molecule has 0 aromatic carbocycles. The molecule has 0 amide bonds. The van der Waals surface area contributed by atoms with E-state index in [1.54, 1.807) is 0 Å². The van der Waals surface area contributed by atoms with Crippen molar-refractivity contribution < 1.29 is 14.6 Å². The lowest BCUT2D eigenvalue weighted by Crippen LogP contribution is -2.25. The number of carboxylic acids is 1. The second-order valence-corrected chi connectivity index (χ2v) is 3.66. The van der Waals surface area contributed by atoms with E-state index in [0.717, 1.165) is 0 Å². The Bertz CT molecular complexity index is 541. The van der Waals surface area contributed by atoms with E-state index in [1.807, 2.05) is 0 Å². The fourth-order valence-electron chi connectivity index (χ4n) is 1.54. The largest absolute Gasteiger partial charge is 0.481 e. The molecule has 0 aliphatic rings. The molecular formula is C10H13N5O3. The van der Waals surface area contributed by atoms with Crippen LogP contribution in [0.5, 0.6) is 0 Å². The summed E-state index contributed by atoms with van der Waals surface area (Å²) in [5, 5.41) is 11.7. The molecule has 0 aliphatic carbocycles. The van der Waals surface area contributed by atoms with Crippen LogP contribution >= 0.6 is 0 Å². The number of aromatic nitrogens is 4. The third-order valence-electron chi connectivity index (χ3n) is 2.46. The van der Waals surface area contributed by atoms with Gasteiger partial charge in [-0.15, -0.1) is 0 Å². The normalized spacial score (nSPS) is 12.5. The monoisotopic (exact) mass is 251 g/mol. The number of hydrogen-bond acceptors (Lipinski definition) is 6. The summed E-state index contributed by atoms with van der Waals surface area (Å²) in [4.78, 5) is 25.6. The Kier molecular flexibility index (Phi) is 3.68. The summed E-state index contributed by atoms with van der Waals surface area (Å²) in [6.45, 7) is 0.341. The van der Waals surface area contributed by atoms with Crippen molar-refractivity contribution in [3.63, 3.8) is 0 Å². The SMILES string of the molecule is COC(CNc1ncnc2nc[nH]c12)CC(=O)O. The Morgan fingerprint density at radius 2 is 2.39 bits per heavy atom. The first-order valence-corrected chi connectivity index (χ1v) is 5.33. The molecule has 0 fully saturated rings. The highest BCUT2D eigenvalue weighted by molar-refractivity contribution is 5.81. The van der Waals surface area contributed by atoms with Crippen LogP contribution in [0.4, 0.5) is 5.82 Å². The van der Waals surface area contributed by atoms with Gasteiger partial charge in [0.15, 0.2) is 11.5 Å². The van der Waals surface area contributed by atoms with Crippen LogP contribution in [0.15, 0.2) is 12.7 Å². The Balaban J connectivity index is 2.05. The summed E-state index contributed by atoms with van der Waals surface area (Å²) in [6.07, 6.45) is 2.43. The second kappa shape index (κ2) is 5.41. The van der Waals surface area contributed by atoms with Gasteiger partial charge in [-0.25, -0.2) is 15.0 Å². The van der Waals surface area contributed by atoms with Crippen molar-refractivity contribution in [3.8, 4) is 0 Å². The molecule has 96 valence electrons. The van der Waals surface area contributed by atoms with Crippen molar-refractivity contribution in [1.29, 1.82) is 0 Å². The minimum Gasteiger partial charge on any atom is -0.481 e. The van der Waals surface area contributed by atoms with Crippen molar-refractivity contribution in [3.05, 3.63) is 12.7 Å². The predicted octanol–water partition coefficient (Wildman–Crippen LogP) is 0.254. The smallest absolute Gasteiger partial charge is 0.306 e. The molecule has 0 saturated carbocycles. The van der Waals surface area contributed by atoms with Gasteiger partial charge in [-0.1, -0.05) is 0 Å². The van der Waals surface area contributed by atoms with Gasteiger partial charge in [0.2, 0.25) is 0 Å². The first-order chi connectivity index (χ1) is 8.70. The van der Waals surface area contributed by atoms with E-state index < -0.39 is 12.1 Å². The van der Waals surface area contributed by atoms with Gasteiger partial charge in [0.25, 0.3) is 0 Å². The minimum absolute atomic E-state index is 0.0687. The zero-order valence-electron chi connectivity index (χ0n) is 9.75. The highest BCUT2D eigenvalue weighted by Gasteiger charge is 2.13. The highest BCUT2D eigenvalue weighted by Crippen LogP contribution is 2.14. The standard InChI is InChI=1S/C10H13N5O3/c1-18-6(2-7(16)17)3-11-9-8-10(13-4-12-8)15-5-14-9/h4-6H,2-3H2,1H3,(H,16,17)(H2,11,12,13,14,15). The lowest BCUT2D eigenvalue weighted by molar-refractivity contribution is -0.139. The topological polar surface area (TPSA) is 113 Å². The first-order valence-electron chi connectivity index (χ1n) is 5.33. The number of ether oxygens (including phenoxy) is 1. The molecule has 8 nitrogen and oxygen atoms in total. The van der Waals surface area contributed by atoms with Gasteiger partial charge in [0.05, 0.1) is 18.9 Å². The number of fused-ring (bicyclic) bond motifs is 1. The number of nitrogens with zero attached hydrogens (tertiary/aromatic N) is 3. The average molecular weight is 251 g/mol. The third-order valence-corrected chi connectivity index (χ3v) is 2.46. The van der Waals surface area contributed by atoms with Crippen LogP contribution in [0.3, 0.4) is 0 Å². The fourth-order valence-corrected chi connectivity index (χ4v) is 1.54. The molecule has 0 radical (unpaired) electrons. The summed E-state index contributed by atoms with van der Waals surface area (Å²) in [5.74, 6) is -0.331. The Labute approximate surface area is 102 Å². The van der Waals surface area contributed by atoms with E-state index in [9.17, 15) is 4.79 Å². The summed E-state index contributed by atoms with van der Waals surface area (Å²) < 4.78 is 5.06. The maximum atomic E-state index is 10.6. The number of carbonyl (C=O) groups is 1. The molecule has 3 N–H and O–H groups in total. The van der Waals surface area contributed by atoms with Crippen LogP contribution in [-0.2, 0) is 9.53 Å². The second-order valence-electron chi connectivity index (χ2n) is 3.66. The Morgan fingerprint density at radius 1 is 1.56 bits per heavy atom. The van der Waals surface area contributed by atoms with E-state index in [0.29, 0.717) is 23.5 Å². The number of carboxylic acid groups (broad SMARTS) is 1. The molecule has 2 aromatic rings. The van der Waals surface area contributed by atoms with Gasteiger partial charge in [-0.2, -0.15) is 0 Å². The molecule has 0 spiro atoms. The molecular weight excluding hydrogens is 238 g/mol. The zero-order chi connectivity index (χ0) is 13.0. The maximum absolute atomic E-state index is 10.6. The van der Waals surface area contributed by atoms with E-state index in [1.165, 1.54) is 19.8 Å².